The highest BCUT2D eigenvalue weighted by Gasteiger charge is 2.28. The van der Waals surface area contributed by atoms with Crippen LogP contribution in [0.3, 0.4) is 0 Å². The highest BCUT2D eigenvalue weighted by Crippen LogP contribution is 2.38. The molecule has 0 saturated carbocycles. The number of halogens is 2. The minimum absolute atomic E-state index is 0.629. The Kier molecular flexibility index (Phi) is 2.26. The van der Waals surface area contributed by atoms with Gasteiger partial charge in [-0.2, -0.15) is 0 Å². The number of hydrogen-bond acceptors (Lipinski definition) is 2. The van der Waals surface area contributed by atoms with E-state index in [4.69, 9.17) is 32.7 Å². The van der Waals surface area contributed by atoms with E-state index in [1.807, 2.05) is 19.1 Å². The first-order valence-electron chi connectivity index (χ1n) is 3.89. The van der Waals surface area contributed by atoms with Crippen LogP contribution >= 0.6 is 23.2 Å². The van der Waals surface area contributed by atoms with Gasteiger partial charge in [-0.1, -0.05) is 35.3 Å². The summed E-state index contributed by atoms with van der Waals surface area (Å²) < 4.78 is 10.7. The molecule has 1 aromatic carbocycles. The van der Waals surface area contributed by atoms with Crippen molar-refractivity contribution in [3.05, 3.63) is 23.8 Å². The first-order valence-corrected chi connectivity index (χ1v) is 4.77. The molecule has 2 nitrogen and oxygen atoms in total. The Balaban J connectivity index is 2.42. The zero-order valence-corrected chi connectivity index (χ0v) is 8.47. The SMILES string of the molecule is Cc1cccc2c1O[C@@H](Cl)[C@H](Cl)O2. The monoisotopic (exact) mass is 218 g/mol. The van der Waals surface area contributed by atoms with Gasteiger partial charge in [0.1, 0.15) is 0 Å². The van der Waals surface area contributed by atoms with Crippen molar-refractivity contribution in [3.63, 3.8) is 0 Å². The number of benzene rings is 1. The third-order valence-electron chi connectivity index (χ3n) is 1.85. The van der Waals surface area contributed by atoms with Crippen LogP contribution in [-0.4, -0.2) is 11.1 Å². The molecule has 0 radical (unpaired) electrons. The molecule has 70 valence electrons. The van der Waals surface area contributed by atoms with Gasteiger partial charge in [-0.3, -0.25) is 0 Å². The Morgan fingerprint density at radius 2 is 1.85 bits per heavy atom. The Hall–Kier alpha value is -0.600. The molecule has 1 aliphatic heterocycles. The number of alkyl halides is 2. The van der Waals surface area contributed by atoms with Gasteiger partial charge in [0.25, 0.3) is 0 Å². The summed E-state index contributed by atoms with van der Waals surface area (Å²) in [6, 6.07) is 5.62. The lowest BCUT2D eigenvalue weighted by molar-refractivity contribution is 0.116. The Morgan fingerprint density at radius 3 is 2.62 bits per heavy atom. The lowest BCUT2D eigenvalue weighted by Gasteiger charge is -2.27. The second kappa shape index (κ2) is 3.28. The average molecular weight is 219 g/mol. The topological polar surface area (TPSA) is 18.5 Å². The molecule has 13 heavy (non-hydrogen) atoms. The fourth-order valence-corrected chi connectivity index (χ4v) is 1.50. The molecule has 0 aromatic heterocycles. The normalized spacial score (nSPS) is 25.8. The van der Waals surface area contributed by atoms with Crippen molar-refractivity contribution in [2.24, 2.45) is 0 Å². The third-order valence-corrected chi connectivity index (χ3v) is 2.62. The lowest BCUT2D eigenvalue weighted by Crippen LogP contribution is -2.31. The van der Waals surface area contributed by atoms with E-state index in [1.54, 1.807) is 6.07 Å². The molecule has 1 aromatic rings. The summed E-state index contributed by atoms with van der Waals surface area (Å²) in [5.41, 5.74) is -0.266. The maximum absolute atomic E-state index is 5.79. The van der Waals surface area contributed by atoms with Gasteiger partial charge in [0, 0.05) is 0 Å². The van der Waals surface area contributed by atoms with Gasteiger partial charge in [0.05, 0.1) is 0 Å². The summed E-state index contributed by atoms with van der Waals surface area (Å²) in [4.78, 5) is 0. The Bertz CT molecular complexity index is 327. The molecular formula is C9H8Cl2O2. The molecule has 0 aliphatic carbocycles. The first kappa shape index (κ1) is 8.97. The summed E-state index contributed by atoms with van der Waals surface area (Å²) in [6.45, 7) is 1.93. The Labute approximate surface area is 86.4 Å². The second-order valence-corrected chi connectivity index (χ2v) is 3.70. The van der Waals surface area contributed by atoms with Crippen molar-refractivity contribution in [2.45, 2.75) is 18.1 Å². The van der Waals surface area contributed by atoms with Gasteiger partial charge in [-0.15, -0.1) is 0 Å². The van der Waals surface area contributed by atoms with Gasteiger partial charge in [-0.05, 0) is 18.6 Å². The van der Waals surface area contributed by atoms with Crippen LogP contribution in [0.15, 0.2) is 18.2 Å². The first-order chi connectivity index (χ1) is 6.18. The minimum atomic E-state index is -0.629. The summed E-state index contributed by atoms with van der Waals surface area (Å²) in [7, 11) is 0. The molecule has 0 unspecified atom stereocenters. The number of para-hydroxylation sites is 1. The van der Waals surface area contributed by atoms with E-state index in [2.05, 4.69) is 0 Å². The van der Waals surface area contributed by atoms with Gasteiger partial charge in [-0.25, -0.2) is 0 Å². The molecule has 1 aliphatic rings. The number of hydrogen-bond donors (Lipinski definition) is 0. The van der Waals surface area contributed by atoms with Crippen molar-refractivity contribution in [1.82, 2.24) is 0 Å². The average Bonchev–Trinajstić information content (AvgIpc) is 2.09. The van der Waals surface area contributed by atoms with Gasteiger partial charge in [0.2, 0.25) is 11.1 Å². The van der Waals surface area contributed by atoms with Crippen LogP contribution in [0.1, 0.15) is 5.56 Å². The third kappa shape index (κ3) is 1.56. The van der Waals surface area contributed by atoms with Gasteiger partial charge >= 0.3 is 0 Å². The van der Waals surface area contributed by atoms with E-state index in [0.29, 0.717) is 11.5 Å². The lowest BCUT2D eigenvalue weighted by atomic mass is 10.2. The van der Waals surface area contributed by atoms with Crippen LogP contribution in [0, 0.1) is 6.92 Å². The summed E-state index contributed by atoms with van der Waals surface area (Å²) in [6.07, 6.45) is 0. The standard InChI is InChI=1S/C9H8Cl2O2/c1-5-3-2-4-6-7(5)13-9(11)8(10)12-6/h2-4,8-9H,1H3/t8-,9-/m1/s1. The number of aryl methyl sites for hydroxylation is 1. The van der Waals surface area contributed by atoms with Crippen molar-refractivity contribution in [1.29, 1.82) is 0 Å². The maximum atomic E-state index is 5.79. The molecule has 0 N–H and O–H groups in total. The number of ether oxygens (including phenoxy) is 2. The zero-order valence-electron chi connectivity index (χ0n) is 6.96. The summed E-state index contributed by atoms with van der Waals surface area (Å²) in [5.74, 6) is 1.33. The van der Waals surface area contributed by atoms with Crippen LogP contribution in [0.4, 0.5) is 0 Å². The smallest absolute Gasteiger partial charge is 0.222 e. The predicted molar refractivity (Wildman–Crippen MR) is 51.7 cm³/mol. The fourth-order valence-electron chi connectivity index (χ4n) is 1.21. The molecule has 0 amide bonds. The van der Waals surface area contributed by atoms with E-state index in [0.717, 1.165) is 5.56 Å². The van der Waals surface area contributed by atoms with Crippen LogP contribution in [-0.2, 0) is 0 Å². The molecule has 2 rings (SSSR count). The largest absolute Gasteiger partial charge is 0.465 e. The quantitative estimate of drug-likeness (QED) is 0.624. The predicted octanol–water partition coefficient (Wildman–Crippen LogP) is 2.90. The molecule has 0 bridgehead atoms. The van der Waals surface area contributed by atoms with Crippen LogP contribution in [0.5, 0.6) is 11.5 Å². The van der Waals surface area contributed by atoms with Gasteiger partial charge < -0.3 is 9.47 Å². The summed E-state index contributed by atoms with van der Waals surface area (Å²) >= 11 is 11.6. The fraction of sp³-hybridized carbons (Fsp3) is 0.333. The molecular weight excluding hydrogens is 211 g/mol. The maximum Gasteiger partial charge on any atom is 0.222 e. The van der Waals surface area contributed by atoms with Crippen LogP contribution < -0.4 is 9.47 Å². The van der Waals surface area contributed by atoms with Crippen LogP contribution in [0.2, 0.25) is 0 Å². The summed E-state index contributed by atoms with van der Waals surface area (Å²) in [5, 5.41) is 0. The second-order valence-electron chi connectivity index (χ2n) is 2.84. The molecule has 0 saturated heterocycles. The van der Waals surface area contributed by atoms with Gasteiger partial charge in [0.15, 0.2) is 11.5 Å². The van der Waals surface area contributed by atoms with Crippen molar-refractivity contribution in [3.8, 4) is 11.5 Å². The molecule has 2 atom stereocenters. The van der Waals surface area contributed by atoms with E-state index in [1.165, 1.54) is 0 Å². The highest BCUT2D eigenvalue weighted by molar-refractivity contribution is 6.29. The van der Waals surface area contributed by atoms with E-state index < -0.39 is 11.1 Å². The van der Waals surface area contributed by atoms with Crippen molar-refractivity contribution >= 4 is 23.2 Å². The molecule has 4 heteroatoms. The molecule has 1 heterocycles. The van der Waals surface area contributed by atoms with Crippen molar-refractivity contribution in [2.75, 3.05) is 0 Å². The van der Waals surface area contributed by atoms with E-state index >= 15 is 0 Å². The highest BCUT2D eigenvalue weighted by atomic mass is 35.5. The molecule has 0 spiro atoms. The van der Waals surface area contributed by atoms with E-state index in [-0.39, 0.29) is 0 Å². The number of fused-ring (bicyclic) bond motifs is 1. The Morgan fingerprint density at radius 1 is 1.15 bits per heavy atom. The molecule has 0 fully saturated rings. The van der Waals surface area contributed by atoms with E-state index in [9.17, 15) is 0 Å². The van der Waals surface area contributed by atoms with Crippen LogP contribution in [0.25, 0.3) is 0 Å². The number of rotatable bonds is 0. The minimum Gasteiger partial charge on any atom is -0.465 e. The van der Waals surface area contributed by atoms with Crippen molar-refractivity contribution < 1.29 is 9.47 Å². The zero-order chi connectivity index (χ0) is 9.42.